The van der Waals surface area contributed by atoms with E-state index in [1.54, 1.807) is 0 Å². The third kappa shape index (κ3) is 13.0. The van der Waals surface area contributed by atoms with Gasteiger partial charge in [0, 0.05) is 38.5 Å². The van der Waals surface area contributed by atoms with E-state index < -0.39 is 0 Å². The highest BCUT2D eigenvalue weighted by Gasteiger charge is 2.30. The van der Waals surface area contributed by atoms with Crippen LogP contribution < -0.4 is 0 Å². The van der Waals surface area contributed by atoms with Gasteiger partial charge in [-0.05, 0) is 157 Å². The number of rotatable bonds is 0. The van der Waals surface area contributed by atoms with Crippen molar-refractivity contribution in [2.24, 2.45) is 0 Å². The molecular weight excluding hydrogens is 961 g/mol. The Balaban J connectivity index is 1.52. The van der Waals surface area contributed by atoms with Gasteiger partial charge < -0.3 is 29.9 Å². The first kappa shape index (κ1) is 58.6. The first-order chi connectivity index (χ1) is 36.1. The minimum absolute atomic E-state index is 0.223. The Morgan fingerprint density at radius 1 is 0.244 bits per heavy atom. The Morgan fingerprint density at radius 3 is 0.564 bits per heavy atom. The summed E-state index contributed by atoms with van der Waals surface area (Å²) in [6.45, 7) is 42.0. The van der Waals surface area contributed by atoms with Gasteiger partial charge in [0.05, 0.1) is 26.4 Å². The van der Waals surface area contributed by atoms with E-state index in [-0.39, 0.29) is 55.5 Å². The van der Waals surface area contributed by atoms with Crippen LogP contribution in [0.5, 0.6) is 23.0 Å². The highest BCUT2D eigenvalue weighted by Crippen LogP contribution is 2.44. The predicted molar refractivity (Wildman–Crippen MR) is 323 cm³/mol. The van der Waals surface area contributed by atoms with E-state index in [0.717, 1.165) is 100 Å². The molecule has 0 atom stereocenters. The average molecular weight is 1060 g/mol. The third-order valence-corrected chi connectivity index (χ3v) is 16.8. The first-order valence-electron chi connectivity index (χ1n) is 28.9. The molecule has 0 unspecified atom stereocenters. The van der Waals surface area contributed by atoms with Gasteiger partial charge in [-0.1, -0.05) is 197 Å². The van der Waals surface area contributed by atoms with Crippen molar-refractivity contribution in [1.29, 1.82) is 0 Å². The van der Waals surface area contributed by atoms with Crippen LogP contribution in [0.2, 0.25) is 0 Å². The summed E-state index contributed by atoms with van der Waals surface area (Å²) in [7, 11) is 0. The Bertz CT molecular complexity index is 2810. The van der Waals surface area contributed by atoms with Gasteiger partial charge in [0.1, 0.15) is 23.0 Å². The quantitative estimate of drug-likeness (QED) is 0.121. The summed E-state index contributed by atoms with van der Waals surface area (Å²) in [5.41, 5.74) is 18.6. The number of ether oxygens (including phenoxy) is 2. The fourth-order valence-corrected chi connectivity index (χ4v) is 11.5. The average Bonchev–Trinajstić information content (AvgIpc) is 3.37. The van der Waals surface area contributed by atoms with Crippen molar-refractivity contribution in [2.75, 3.05) is 26.4 Å². The molecule has 4 N–H and O–H groups in total. The molecule has 0 amide bonds. The fraction of sp³-hybridized carbons (Fsp3) is 0.500. The summed E-state index contributed by atoms with van der Waals surface area (Å²) in [5.74, 6) is 0.995. The zero-order chi connectivity index (χ0) is 57.2. The van der Waals surface area contributed by atoms with Crippen LogP contribution in [0.3, 0.4) is 0 Å². The smallest absolute Gasteiger partial charge is 0.122 e. The topological polar surface area (TPSA) is 99.4 Å². The zero-order valence-corrected chi connectivity index (χ0v) is 51.0. The fourth-order valence-electron chi connectivity index (χ4n) is 11.5. The largest absolute Gasteiger partial charge is 0.507 e. The van der Waals surface area contributed by atoms with Gasteiger partial charge in [0.15, 0.2) is 0 Å². The number of phenols is 4. The molecule has 0 spiro atoms. The maximum absolute atomic E-state index is 12.8. The summed E-state index contributed by atoms with van der Waals surface area (Å²) in [4.78, 5) is 0. The number of fused-ring (bicyclic) bond motifs is 15. The minimum Gasteiger partial charge on any atom is -0.507 e. The normalized spacial score (nSPS) is 15.6. The van der Waals surface area contributed by atoms with Crippen molar-refractivity contribution in [1.82, 2.24) is 0 Å². The number of aromatic hydroxyl groups is 4. The van der Waals surface area contributed by atoms with Crippen molar-refractivity contribution in [3.05, 3.63) is 184 Å². The molecule has 10 bridgehead atoms. The molecule has 6 aromatic rings. The van der Waals surface area contributed by atoms with Gasteiger partial charge in [0.2, 0.25) is 0 Å². The molecular formula is C72H94O6. The van der Waals surface area contributed by atoms with Crippen molar-refractivity contribution >= 4 is 0 Å². The van der Waals surface area contributed by atoms with Gasteiger partial charge in [-0.2, -0.15) is 0 Å². The van der Waals surface area contributed by atoms with Gasteiger partial charge in [0.25, 0.3) is 0 Å². The van der Waals surface area contributed by atoms with Crippen molar-refractivity contribution < 1.29 is 29.9 Å². The molecule has 0 aliphatic carbocycles. The van der Waals surface area contributed by atoms with Crippen LogP contribution in [-0.2, 0) is 93.3 Å². The first-order valence-corrected chi connectivity index (χ1v) is 28.9. The lowest BCUT2D eigenvalue weighted by molar-refractivity contribution is 0.0499. The minimum atomic E-state index is -0.241. The van der Waals surface area contributed by atoms with E-state index in [4.69, 9.17) is 9.47 Å². The lowest BCUT2D eigenvalue weighted by Gasteiger charge is -2.28. The number of phenolic OH excluding ortho intramolecular Hbond substituents is 4. The van der Waals surface area contributed by atoms with E-state index in [0.29, 0.717) is 77.8 Å². The van der Waals surface area contributed by atoms with Crippen LogP contribution in [0.4, 0.5) is 0 Å². The molecule has 0 radical (unpaired) electrons. The second kappa shape index (κ2) is 21.5. The molecule has 6 aromatic carbocycles. The maximum Gasteiger partial charge on any atom is 0.122 e. The lowest BCUT2D eigenvalue weighted by Crippen LogP contribution is -2.17. The molecule has 2 aliphatic heterocycles. The molecule has 0 saturated carbocycles. The van der Waals surface area contributed by atoms with Crippen LogP contribution in [-0.4, -0.2) is 46.9 Å². The van der Waals surface area contributed by atoms with Crippen molar-refractivity contribution in [2.45, 2.75) is 208 Å². The summed E-state index contributed by atoms with van der Waals surface area (Å²) in [6.07, 6.45) is 3.79. The van der Waals surface area contributed by atoms with E-state index in [1.165, 1.54) is 11.1 Å². The van der Waals surface area contributed by atoms with Gasteiger partial charge in [-0.3, -0.25) is 0 Å². The van der Waals surface area contributed by atoms with Crippen LogP contribution in [0.15, 0.2) is 72.8 Å². The molecule has 418 valence electrons. The highest BCUT2D eigenvalue weighted by molar-refractivity contribution is 5.59. The molecule has 0 saturated heterocycles. The van der Waals surface area contributed by atoms with Crippen molar-refractivity contribution in [3.63, 3.8) is 0 Å². The van der Waals surface area contributed by atoms with Gasteiger partial charge in [-0.25, -0.2) is 0 Å². The molecule has 2 aliphatic rings. The molecule has 78 heavy (non-hydrogen) atoms. The summed E-state index contributed by atoms with van der Waals surface area (Å²) in [5, 5.41) is 51.3. The second-order valence-electron chi connectivity index (χ2n) is 29.4. The van der Waals surface area contributed by atoms with Crippen LogP contribution in [0.25, 0.3) is 0 Å². The Kier molecular flexibility index (Phi) is 16.1. The molecule has 0 fully saturated rings. The van der Waals surface area contributed by atoms with E-state index in [2.05, 4.69) is 197 Å². The Labute approximate surface area is 469 Å². The molecule has 6 heteroatoms. The van der Waals surface area contributed by atoms with Crippen molar-refractivity contribution in [3.8, 4) is 23.0 Å². The molecule has 0 aromatic heterocycles. The molecule has 6 nitrogen and oxygen atoms in total. The monoisotopic (exact) mass is 1050 g/mol. The standard InChI is InChI=1S/C72H94O6/c1-67(2,3)55-31-43-25-47-35-57(69(7,8)9)39-51(63(47)73)29-53-41-59(71(13,14)15)37-49(65(53)75)27-45-33-56(68(4,5)6)34-46-28-50-38-60(72(16,17)18)42-54(66(50)76)30-52-40-58(70(10,11)12)36-48(64(52)74)26-44(32-55)61(43)19-21-77-23-24-78-22-20-62(45)46/h31-42,73-76H,19-30H2,1-18H3. The van der Waals surface area contributed by atoms with Gasteiger partial charge in [-0.15, -0.1) is 0 Å². The van der Waals surface area contributed by atoms with Crippen LogP contribution in [0, 0.1) is 0 Å². The lowest BCUT2D eigenvalue weighted by atomic mass is 9.78. The number of hydrogen-bond acceptors (Lipinski definition) is 6. The van der Waals surface area contributed by atoms with E-state index in [1.807, 2.05) is 0 Å². The number of benzene rings is 6. The summed E-state index contributed by atoms with van der Waals surface area (Å²) < 4.78 is 13.0. The predicted octanol–water partition coefficient (Wildman–Crippen LogP) is 16.3. The second-order valence-corrected chi connectivity index (χ2v) is 29.4. The van der Waals surface area contributed by atoms with Crippen LogP contribution in [0.1, 0.15) is 236 Å². The maximum atomic E-state index is 12.8. The highest BCUT2D eigenvalue weighted by atomic mass is 16.5. The third-order valence-electron chi connectivity index (χ3n) is 16.8. The van der Waals surface area contributed by atoms with Gasteiger partial charge >= 0.3 is 0 Å². The summed E-state index contributed by atoms with van der Waals surface area (Å²) >= 11 is 0. The summed E-state index contributed by atoms with van der Waals surface area (Å²) in [6, 6.07) is 26.7. The SMILES string of the molecule is CC(C)(C)c1cc2c(O)c(c1)Cc1cc(C(C)(C)C)cc3c1CCOCCOCCc1c(cc(C(C)(C)C)cc1Cc1cc(C(C)(C)C)cc(c1O)Cc1cc(C(C)(C)C)cc(c1O)C3)Cc1cc(C(C)(C)C)cc(c1O)C2. The van der Waals surface area contributed by atoms with Crippen LogP contribution >= 0.6 is 0 Å². The molecule has 2 heterocycles. The van der Waals surface area contributed by atoms with E-state index in [9.17, 15) is 20.4 Å². The Morgan fingerprint density at radius 2 is 0.397 bits per heavy atom. The Hall–Kier alpha value is -5.56. The molecule has 8 rings (SSSR count). The van der Waals surface area contributed by atoms with E-state index >= 15 is 0 Å². The number of hydrogen-bond donors (Lipinski definition) is 4. The zero-order valence-electron chi connectivity index (χ0n) is 51.0.